The van der Waals surface area contributed by atoms with Crippen molar-refractivity contribution in [1.82, 2.24) is 20.0 Å². The molecule has 0 unspecified atom stereocenters. The third-order valence-electron chi connectivity index (χ3n) is 4.24. The fraction of sp³-hybridized carbons (Fsp3) is 0.0909. The second-order valence-electron chi connectivity index (χ2n) is 6.44. The molecule has 156 valence electrons. The molecule has 2 heterocycles. The highest BCUT2D eigenvalue weighted by atomic mass is 16.5. The molecule has 0 bridgehead atoms. The molecule has 3 N–H and O–H groups in total. The van der Waals surface area contributed by atoms with Crippen LogP contribution >= 0.6 is 0 Å². The Balaban J connectivity index is 1.34. The van der Waals surface area contributed by atoms with Gasteiger partial charge in [-0.3, -0.25) is 0 Å². The van der Waals surface area contributed by atoms with Gasteiger partial charge < -0.3 is 20.7 Å². The van der Waals surface area contributed by atoms with E-state index in [1.54, 1.807) is 35.3 Å². The lowest BCUT2D eigenvalue weighted by Gasteiger charge is -2.12. The van der Waals surface area contributed by atoms with E-state index in [2.05, 4.69) is 31.2 Å². The quantitative estimate of drug-likeness (QED) is 0.412. The van der Waals surface area contributed by atoms with Crippen LogP contribution in [0.4, 0.5) is 27.7 Å². The van der Waals surface area contributed by atoms with Crippen molar-refractivity contribution in [3.63, 3.8) is 0 Å². The lowest BCUT2D eigenvalue weighted by molar-refractivity contribution is 0.262. The van der Waals surface area contributed by atoms with E-state index in [0.29, 0.717) is 35.4 Å². The number of hydrogen-bond donors (Lipinski definition) is 3. The fourth-order valence-electron chi connectivity index (χ4n) is 2.84. The Morgan fingerprint density at radius 1 is 0.935 bits per heavy atom. The average molecular weight is 415 g/mol. The average Bonchev–Trinajstić information content (AvgIpc) is 3.32. The predicted molar refractivity (Wildman–Crippen MR) is 119 cm³/mol. The van der Waals surface area contributed by atoms with Crippen molar-refractivity contribution >= 4 is 28.9 Å². The third-order valence-corrected chi connectivity index (χ3v) is 4.24. The van der Waals surface area contributed by atoms with E-state index in [4.69, 9.17) is 4.74 Å². The zero-order valence-electron chi connectivity index (χ0n) is 16.8. The molecule has 0 aliphatic rings. The number of urea groups is 1. The summed E-state index contributed by atoms with van der Waals surface area (Å²) in [5.41, 5.74) is 2.07. The lowest BCUT2D eigenvalue weighted by atomic mass is 10.2. The van der Waals surface area contributed by atoms with Crippen LogP contribution in [0.2, 0.25) is 0 Å². The van der Waals surface area contributed by atoms with Crippen LogP contribution in [0.15, 0.2) is 79.1 Å². The molecule has 0 atom stereocenters. The van der Waals surface area contributed by atoms with Crippen LogP contribution in [-0.2, 0) is 0 Å². The van der Waals surface area contributed by atoms with Crippen LogP contribution < -0.4 is 20.7 Å². The smallest absolute Gasteiger partial charge is 0.323 e. The molecule has 0 radical (unpaired) electrons. The number of anilines is 4. The molecule has 0 aliphatic carbocycles. The van der Waals surface area contributed by atoms with Crippen molar-refractivity contribution in [3.8, 4) is 11.6 Å². The summed E-state index contributed by atoms with van der Waals surface area (Å²) < 4.78 is 7.16. The van der Waals surface area contributed by atoms with Gasteiger partial charge in [-0.1, -0.05) is 12.1 Å². The SMILES string of the molecule is CCOc1ccccc1NC(=O)Nc1ccc(Nc2ccc(-n3cccn3)nn2)cc1. The van der Waals surface area contributed by atoms with Gasteiger partial charge in [0.15, 0.2) is 11.6 Å². The van der Waals surface area contributed by atoms with Crippen molar-refractivity contribution in [3.05, 3.63) is 79.1 Å². The minimum absolute atomic E-state index is 0.354. The van der Waals surface area contributed by atoms with Gasteiger partial charge in [-0.05, 0) is 61.5 Å². The zero-order chi connectivity index (χ0) is 21.5. The molecule has 2 aromatic heterocycles. The molecule has 9 heteroatoms. The number of aromatic nitrogens is 4. The van der Waals surface area contributed by atoms with E-state index in [-0.39, 0.29) is 6.03 Å². The predicted octanol–water partition coefficient (Wildman–Crippen LogP) is 4.45. The molecule has 4 rings (SSSR count). The molecule has 4 aromatic rings. The first-order valence-electron chi connectivity index (χ1n) is 9.72. The highest BCUT2D eigenvalue weighted by Crippen LogP contribution is 2.24. The third kappa shape index (κ3) is 5.15. The molecule has 0 spiro atoms. The molecule has 0 aliphatic heterocycles. The molecular formula is C22H21N7O2. The largest absolute Gasteiger partial charge is 0.492 e. The van der Waals surface area contributed by atoms with E-state index < -0.39 is 0 Å². The standard InChI is InChI=1S/C22H21N7O2/c1-2-31-19-7-4-3-6-18(19)26-22(30)25-17-10-8-16(9-11-17)24-20-12-13-21(28-27-20)29-15-5-14-23-29/h3-15H,2H2,1H3,(H,24,27)(H2,25,26,30). The minimum atomic E-state index is -0.354. The number of amides is 2. The number of carbonyl (C=O) groups is 1. The van der Waals surface area contributed by atoms with Gasteiger partial charge in [0.2, 0.25) is 0 Å². The Morgan fingerprint density at radius 2 is 1.74 bits per heavy atom. The normalized spacial score (nSPS) is 10.4. The Bertz CT molecular complexity index is 1130. The van der Waals surface area contributed by atoms with Crippen molar-refractivity contribution in [1.29, 1.82) is 0 Å². The maximum atomic E-state index is 12.3. The Labute approximate surface area is 179 Å². The van der Waals surface area contributed by atoms with Gasteiger partial charge >= 0.3 is 6.03 Å². The van der Waals surface area contributed by atoms with Gasteiger partial charge in [-0.2, -0.15) is 5.10 Å². The maximum Gasteiger partial charge on any atom is 0.323 e. The molecule has 0 fully saturated rings. The van der Waals surface area contributed by atoms with Crippen LogP contribution in [0.3, 0.4) is 0 Å². The molecule has 2 amide bonds. The molecule has 0 saturated heterocycles. The minimum Gasteiger partial charge on any atom is -0.492 e. The number of hydrogen-bond acceptors (Lipinski definition) is 6. The fourth-order valence-corrected chi connectivity index (χ4v) is 2.84. The van der Waals surface area contributed by atoms with Gasteiger partial charge in [0.1, 0.15) is 5.75 Å². The second-order valence-corrected chi connectivity index (χ2v) is 6.44. The van der Waals surface area contributed by atoms with Crippen LogP contribution in [0, 0.1) is 0 Å². The summed E-state index contributed by atoms with van der Waals surface area (Å²) in [5, 5.41) is 21.2. The second kappa shape index (κ2) is 9.40. The van der Waals surface area contributed by atoms with Gasteiger partial charge in [-0.15, -0.1) is 10.2 Å². The highest BCUT2D eigenvalue weighted by molar-refractivity contribution is 6.00. The van der Waals surface area contributed by atoms with Crippen LogP contribution in [0.25, 0.3) is 5.82 Å². The summed E-state index contributed by atoms with van der Waals surface area (Å²) in [6, 6.07) is 19.7. The number of carbonyl (C=O) groups excluding carboxylic acids is 1. The van der Waals surface area contributed by atoms with Gasteiger partial charge in [0.25, 0.3) is 0 Å². The van der Waals surface area contributed by atoms with Crippen molar-refractivity contribution in [2.24, 2.45) is 0 Å². The van der Waals surface area contributed by atoms with Crippen LogP contribution in [0.1, 0.15) is 6.92 Å². The van der Waals surface area contributed by atoms with Gasteiger partial charge in [-0.25, -0.2) is 9.48 Å². The first kappa shape index (κ1) is 19.9. The zero-order valence-corrected chi connectivity index (χ0v) is 16.8. The molecular weight excluding hydrogens is 394 g/mol. The van der Waals surface area contributed by atoms with E-state index in [1.807, 2.05) is 55.5 Å². The monoisotopic (exact) mass is 415 g/mol. The summed E-state index contributed by atoms with van der Waals surface area (Å²) in [6.07, 6.45) is 3.48. The maximum absolute atomic E-state index is 12.3. The van der Waals surface area contributed by atoms with Crippen LogP contribution in [-0.4, -0.2) is 32.6 Å². The summed E-state index contributed by atoms with van der Waals surface area (Å²) in [5.74, 6) is 1.85. The highest BCUT2D eigenvalue weighted by Gasteiger charge is 2.08. The van der Waals surface area contributed by atoms with Gasteiger partial charge in [0.05, 0.1) is 12.3 Å². The van der Waals surface area contributed by atoms with E-state index in [0.717, 1.165) is 5.69 Å². The number of ether oxygens (including phenoxy) is 1. The topological polar surface area (TPSA) is 106 Å². The van der Waals surface area contributed by atoms with E-state index >= 15 is 0 Å². The lowest BCUT2D eigenvalue weighted by Crippen LogP contribution is -2.19. The first-order chi connectivity index (χ1) is 15.2. The number of rotatable bonds is 7. The number of nitrogens with one attached hydrogen (secondary N) is 3. The molecule has 2 aromatic carbocycles. The Morgan fingerprint density at radius 3 is 2.45 bits per heavy atom. The number of para-hydroxylation sites is 2. The van der Waals surface area contributed by atoms with Crippen molar-refractivity contribution in [2.45, 2.75) is 6.92 Å². The summed E-state index contributed by atoms with van der Waals surface area (Å²) >= 11 is 0. The van der Waals surface area contributed by atoms with Gasteiger partial charge in [0, 0.05) is 23.8 Å². The van der Waals surface area contributed by atoms with Crippen molar-refractivity contribution < 1.29 is 9.53 Å². The summed E-state index contributed by atoms with van der Waals surface area (Å²) in [7, 11) is 0. The number of nitrogens with zero attached hydrogens (tertiary/aromatic N) is 4. The Kier molecular flexibility index (Phi) is 6.03. The summed E-state index contributed by atoms with van der Waals surface area (Å²) in [4.78, 5) is 12.3. The van der Waals surface area contributed by atoms with E-state index in [1.165, 1.54) is 0 Å². The van der Waals surface area contributed by atoms with E-state index in [9.17, 15) is 4.79 Å². The van der Waals surface area contributed by atoms with Crippen molar-refractivity contribution in [2.75, 3.05) is 22.6 Å². The number of benzene rings is 2. The summed E-state index contributed by atoms with van der Waals surface area (Å²) in [6.45, 7) is 2.41. The molecule has 0 saturated carbocycles. The van der Waals surface area contributed by atoms with Crippen LogP contribution in [0.5, 0.6) is 5.75 Å². The first-order valence-corrected chi connectivity index (χ1v) is 9.72. The Hall–Kier alpha value is -4.40. The molecule has 31 heavy (non-hydrogen) atoms. The molecule has 9 nitrogen and oxygen atoms in total.